The zero-order valence-corrected chi connectivity index (χ0v) is 13.2. The quantitative estimate of drug-likeness (QED) is 0.791. The van der Waals surface area contributed by atoms with Gasteiger partial charge in [0.05, 0.1) is 5.92 Å². The third-order valence-corrected chi connectivity index (χ3v) is 5.23. The molecule has 1 saturated carbocycles. The Hall–Kier alpha value is -0.830. The van der Waals surface area contributed by atoms with Crippen molar-refractivity contribution < 1.29 is 4.79 Å². The fourth-order valence-corrected chi connectivity index (χ4v) is 3.12. The van der Waals surface area contributed by atoms with Crippen molar-refractivity contribution >= 4 is 21.8 Å². The summed E-state index contributed by atoms with van der Waals surface area (Å²) in [6.45, 7) is 4.30. The molecular weight excluding hydrogens is 302 g/mol. The largest absolute Gasteiger partial charge is 0.349 e. The molecule has 0 saturated heterocycles. The highest BCUT2D eigenvalue weighted by Gasteiger charge is 2.44. The Labute approximate surface area is 124 Å². The van der Waals surface area contributed by atoms with Crippen molar-refractivity contribution in [2.75, 3.05) is 5.33 Å². The van der Waals surface area contributed by atoms with Gasteiger partial charge in [-0.2, -0.15) is 0 Å². The highest BCUT2D eigenvalue weighted by molar-refractivity contribution is 9.09. The number of benzene rings is 1. The maximum Gasteiger partial charge on any atom is 0.228 e. The van der Waals surface area contributed by atoms with Crippen molar-refractivity contribution in [1.29, 1.82) is 0 Å². The number of amides is 1. The number of carbonyl (C=O) groups excluding carboxylic acids is 1. The van der Waals surface area contributed by atoms with Crippen LogP contribution >= 0.6 is 15.9 Å². The van der Waals surface area contributed by atoms with Gasteiger partial charge in [-0.15, -0.1) is 0 Å². The number of carbonyl (C=O) groups is 1. The van der Waals surface area contributed by atoms with Crippen LogP contribution in [-0.2, 0) is 4.79 Å². The molecule has 2 unspecified atom stereocenters. The third kappa shape index (κ3) is 3.38. The summed E-state index contributed by atoms with van der Waals surface area (Å²) in [5, 5.41) is 4.10. The molecule has 0 radical (unpaired) electrons. The molecule has 0 heterocycles. The summed E-state index contributed by atoms with van der Waals surface area (Å²) in [5.41, 5.74) is 1.15. The summed E-state index contributed by atoms with van der Waals surface area (Å²) < 4.78 is 0. The molecule has 1 aromatic carbocycles. The van der Waals surface area contributed by atoms with Gasteiger partial charge in [0.2, 0.25) is 5.91 Å². The number of alkyl halides is 1. The lowest BCUT2D eigenvalue weighted by Crippen LogP contribution is -2.42. The van der Waals surface area contributed by atoms with Crippen LogP contribution in [0.5, 0.6) is 0 Å². The minimum absolute atomic E-state index is 0.0254. The van der Waals surface area contributed by atoms with Gasteiger partial charge in [0.1, 0.15) is 0 Å². The molecule has 1 amide bonds. The fraction of sp³-hybridized carbons (Fsp3) is 0.562. The lowest BCUT2D eigenvalue weighted by molar-refractivity contribution is -0.124. The summed E-state index contributed by atoms with van der Waals surface area (Å²) in [6, 6.07) is 10.1. The van der Waals surface area contributed by atoms with E-state index in [0.717, 1.165) is 30.2 Å². The van der Waals surface area contributed by atoms with Crippen molar-refractivity contribution in [3.63, 3.8) is 0 Å². The average Bonchev–Trinajstić information content (AvgIpc) is 3.20. The lowest BCUT2D eigenvalue weighted by atomic mass is 9.84. The van der Waals surface area contributed by atoms with Crippen LogP contribution in [0, 0.1) is 5.92 Å². The topological polar surface area (TPSA) is 29.1 Å². The van der Waals surface area contributed by atoms with Crippen molar-refractivity contribution in [2.45, 2.75) is 44.6 Å². The molecule has 1 fully saturated rings. The molecule has 1 N–H and O–H groups in total. The smallest absolute Gasteiger partial charge is 0.228 e. The SMILES string of the molecule is CCC(C)C(C(=O)NC1(CBr)CC1)c1ccccc1. The predicted octanol–water partition coefficient (Wildman–Crippen LogP) is 3.86. The van der Waals surface area contributed by atoms with Gasteiger partial charge in [-0.25, -0.2) is 0 Å². The van der Waals surface area contributed by atoms with E-state index >= 15 is 0 Å². The molecule has 0 bridgehead atoms. The van der Waals surface area contributed by atoms with E-state index in [1.807, 2.05) is 18.2 Å². The first kappa shape index (κ1) is 14.6. The Morgan fingerprint density at radius 2 is 2.00 bits per heavy atom. The highest BCUT2D eigenvalue weighted by Crippen LogP contribution is 2.38. The predicted molar refractivity (Wildman–Crippen MR) is 82.5 cm³/mol. The van der Waals surface area contributed by atoms with Crippen LogP contribution in [0.15, 0.2) is 30.3 Å². The molecule has 1 aliphatic rings. The molecule has 0 aliphatic heterocycles. The first-order chi connectivity index (χ1) is 9.12. The molecule has 19 heavy (non-hydrogen) atoms. The van der Waals surface area contributed by atoms with E-state index in [1.165, 1.54) is 0 Å². The summed E-state index contributed by atoms with van der Waals surface area (Å²) >= 11 is 3.51. The summed E-state index contributed by atoms with van der Waals surface area (Å²) in [4.78, 5) is 12.6. The second-order valence-electron chi connectivity index (χ2n) is 5.68. The Balaban J connectivity index is 2.16. The fourth-order valence-electron chi connectivity index (χ4n) is 2.42. The van der Waals surface area contributed by atoms with E-state index in [0.29, 0.717) is 5.92 Å². The van der Waals surface area contributed by atoms with E-state index in [2.05, 4.69) is 47.2 Å². The standard InChI is InChI=1S/C16H22BrNO/c1-3-12(2)14(13-7-5-4-6-8-13)15(19)18-16(11-17)9-10-16/h4-8,12,14H,3,9-11H2,1-2H3,(H,18,19). The van der Waals surface area contributed by atoms with Gasteiger partial charge in [0.15, 0.2) is 0 Å². The second-order valence-corrected chi connectivity index (χ2v) is 6.24. The Bertz CT molecular complexity index is 428. The molecule has 0 aromatic heterocycles. The molecule has 3 heteroatoms. The van der Waals surface area contributed by atoms with E-state index in [1.54, 1.807) is 0 Å². The molecule has 0 spiro atoms. The maximum absolute atomic E-state index is 12.6. The van der Waals surface area contributed by atoms with Crippen LogP contribution in [0.4, 0.5) is 0 Å². The second kappa shape index (κ2) is 6.08. The number of hydrogen-bond donors (Lipinski definition) is 1. The van der Waals surface area contributed by atoms with Crippen LogP contribution in [0.1, 0.15) is 44.6 Å². The Morgan fingerprint density at radius 3 is 2.47 bits per heavy atom. The van der Waals surface area contributed by atoms with Crippen molar-refractivity contribution in [2.24, 2.45) is 5.92 Å². The summed E-state index contributed by atoms with van der Waals surface area (Å²) in [7, 11) is 0. The van der Waals surface area contributed by atoms with Crippen LogP contribution in [0.2, 0.25) is 0 Å². The van der Waals surface area contributed by atoms with Gasteiger partial charge < -0.3 is 5.32 Å². The number of nitrogens with one attached hydrogen (secondary N) is 1. The monoisotopic (exact) mass is 323 g/mol. The maximum atomic E-state index is 12.6. The zero-order chi connectivity index (χ0) is 13.9. The molecule has 2 atom stereocenters. The number of rotatable bonds is 6. The highest BCUT2D eigenvalue weighted by atomic mass is 79.9. The Kier molecular flexibility index (Phi) is 4.67. The molecule has 2 rings (SSSR count). The first-order valence-corrected chi connectivity index (χ1v) is 8.17. The van der Waals surface area contributed by atoms with Gasteiger partial charge in [0.25, 0.3) is 0 Å². The van der Waals surface area contributed by atoms with Crippen LogP contribution in [0.3, 0.4) is 0 Å². The molecular formula is C16H22BrNO. The minimum atomic E-state index is -0.0391. The normalized spacial score (nSPS) is 19.5. The van der Waals surface area contributed by atoms with E-state index in [-0.39, 0.29) is 17.4 Å². The zero-order valence-electron chi connectivity index (χ0n) is 11.7. The Morgan fingerprint density at radius 1 is 1.37 bits per heavy atom. The van der Waals surface area contributed by atoms with E-state index < -0.39 is 0 Å². The van der Waals surface area contributed by atoms with Crippen molar-refractivity contribution in [1.82, 2.24) is 5.32 Å². The number of halogens is 1. The van der Waals surface area contributed by atoms with Crippen LogP contribution in [0.25, 0.3) is 0 Å². The van der Waals surface area contributed by atoms with Crippen molar-refractivity contribution in [3.8, 4) is 0 Å². The van der Waals surface area contributed by atoms with Gasteiger partial charge in [-0.1, -0.05) is 66.5 Å². The van der Waals surface area contributed by atoms with Crippen molar-refractivity contribution in [3.05, 3.63) is 35.9 Å². The lowest BCUT2D eigenvalue weighted by Gasteiger charge is -2.25. The first-order valence-electron chi connectivity index (χ1n) is 7.05. The molecule has 1 aliphatic carbocycles. The van der Waals surface area contributed by atoms with Gasteiger partial charge in [-0.05, 0) is 24.3 Å². The third-order valence-electron chi connectivity index (χ3n) is 4.15. The number of hydrogen-bond acceptors (Lipinski definition) is 1. The van der Waals surface area contributed by atoms with Gasteiger partial charge in [-0.3, -0.25) is 4.79 Å². The van der Waals surface area contributed by atoms with Crippen LogP contribution in [-0.4, -0.2) is 16.8 Å². The average molecular weight is 324 g/mol. The van der Waals surface area contributed by atoms with Gasteiger partial charge >= 0.3 is 0 Å². The van der Waals surface area contributed by atoms with Crippen LogP contribution < -0.4 is 5.32 Å². The molecule has 104 valence electrons. The van der Waals surface area contributed by atoms with Gasteiger partial charge in [0, 0.05) is 10.9 Å². The summed E-state index contributed by atoms with van der Waals surface area (Å²) in [5.74, 6) is 0.494. The molecule has 2 nitrogen and oxygen atoms in total. The molecule has 1 aromatic rings. The summed E-state index contributed by atoms with van der Waals surface area (Å²) in [6.07, 6.45) is 3.19. The van der Waals surface area contributed by atoms with E-state index in [9.17, 15) is 4.79 Å². The minimum Gasteiger partial charge on any atom is -0.349 e. The van der Waals surface area contributed by atoms with E-state index in [4.69, 9.17) is 0 Å².